The van der Waals surface area contributed by atoms with Gasteiger partial charge >= 0.3 is 40.8 Å². The predicted octanol–water partition coefficient (Wildman–Crippen LogP) is 7.63. The largest absolute Gasteiger partial charge is 3.00 e. The van der Waals surface area contributed by atoms with Gasteiger partial charge in [0.1, 0.15) is 0 Å². The summed E-state index contributed by atoms with van der Waals surface area (Å²) in [5, 5.41) is 30.1. The zero-order chi connectivity index (χ0) is 32.8. The van der Waals surface area contributed by atoms with E-state index in [1.165, 1.54) is 102 Å². The summed E-state index contributed by atoms with van der Waals surface area (Å²) in [6, 6.07) is 10.3. The Morgan fingerprint density at radius 1 is 0.432 bits per heavy atom. The molecule has 1 radical (unpaired) electrons. The molecule has 0 amide bonds. The van der Waals surface area contributed by atoms with Gasteiger partial charge in [0, 0.05) is 17.9 Å². The van der Waals surface area contributed by atoms with E-state index in [9.17, 15) is 29.7 Å². The number of rotatable bonds is 24. The third-order valence-corrected chi connectivity index (χ3v) is 6.89. The van der Waals surface area contributed by atoms with Gasteiger partial charge < -0.3 is 29.7 Å². The second-order valence-electron chi connectivity index (χ2n) is 11.4. The maximum absolute atomic E-state index is 10.0. The van der Waals surface area contributed by atoms with Crippen LogP contribution in [-0.4, -0.2) is 17.9 Å². The van der Waals surface area contributed by atoms with Crippen LogP contribution in [0, 0.1) is 47.8 Å². The monoisotopic (exact) mass is 747 g/mol. The van der Waals surface area contributed by atoms with Crippen LogP contribution in [0.3, 0.4) is 0 Å². The van der Waals surface area contributed by atoms with E-state index in [1.54, 1.807) is 0 Å². The number of benzene rings is 1. The number of carbonyl (C=O) groups is 3. The molecule has 0 aromatic heterocycles. The van der Waals surface area contributed by atoms with E-state index in [2.05, 4.69) is 39.8 Å². The minimum Gasteiger partial charge on any atom is -0.550 e. The summed E-state index contributed by atoms with van der Waals surface area (Å²) >= 11 is 0. The van der Waals surface area contributed by atoms with E-state index < -0.39 is 17.9 Å². The minimum atomic E-state index is -0.913. The molecule has 0 saturated heterocycles. The van der Waals surface area contributed by atoms with Gasteiger partial charge in [-0.25, -0.2) is 0 Å². The SMILES string of the molecule is CCCCCCCCCC(=O)[O-].CCCCCCCCCC(=O)[O-].CCCCCCCCCC(=O)[O-].Cc1ccccc1.[Nd+3]. The number of unbranched alkanes of at least 4 members (excludes halogenated alkanes) is 18. The molecular formula is C37H65NdO6. The van der Waals surface area contributed by atoms with Gasteiger partial charge in [0.2, 0.25) is 0 Å². The van der Waals surface area contributed by atoms with Crippen LogP contribution >= 0.6 is 0 Å². The zero-order valence-corrected chi connectivity index (χ0v) is 32.0. The first-order valence-electron chi connectivity index (χ1n) is 17.3. The first-order valence-corrected chi connectivity index (χ1v) is 17.3. The molecule has 1 aromatic carbocycles. The van der Waals surface area contributed by atoms with E-state index in [0.29, 0.717) is 0 Å². The molecule has 6 nitrogen and oxygen atoms in total. The van der Waals surface area contributed by atoms with E-state index in [0.717, 1.165) is 38.5 Å². The second kappa shape index (κ2) is 44.1. The molecule has 0 saturated carbocycles. The average Bonchev–Trinajstić information content (AvgIpc) is 2.97. The maximum atomic E-state index is 10.0. The first kappa shape index (κ1) is 49.9. The van der Waals surface area contributed by atoms with Crippen LogP contribution in [0.2, 0.25) is 0 Å². The molecule has 0 aliphatic heterocycles. The fraction of sp³-hybridized carbons (Fsp3) is 0.757. The topological polar surface area (TPSA) is 120 Å². The molecule has 7 heteroatoms. The van der Waals surface area contributed by atoms with Crippen LogP contribution in [-0.2, 0) is 14.4 Å². The van der Waals surface area contributed by atoms with E-state index >= 15 is 0 Å². The van der Waals surface area contributed by atoms with Crippen LogP contribution < -0.4 is 15.3 Å². The summed E-state index contributed by atoms with van der Waals surface area (Å²) in [5.41, 5.74) is 1.32. The van der Waals surface area contributed by atoms with Crippen LogP contribution in [0.25, 0.3) is 0 Å². The normalized spacial score (nSPS) is 9.64. The number of carbonyl (C=O) groups excluding carboxylic acids is 3. The van der Waals surface area contributed by atoms with Gasteiger partial charge in [-0.05, 0) is 45.4 Å². The van der Waals surface area contributed by atoms with Crippen molar-refractivity contribution in [1.82, 2.24) is 0 Å². The Bertz CT molecular complexity index is 645. The van der Waals surface area contributed by atoms with Crippen LogP contribution in [0.15, 0.2) is 30.3 Å². The summed E-state index contributed by atoms with van der Waals surface area (Å²) in [5.74, 6) is -2.74. The van der Waals surface area contributed by atoms with Crippen molar-refractivity contribution in [2.75, 3.05) is 0 Å². The Balaban J connectivity index is -0.000000244. The van der Waals surface area contributed by atoms with Crippen LogP contribution in [0.4, 0.5) is 0 Å². The molecule has 0 fully saturated rings. The molecule has 0 aliphatic rings. The third kappa shape index (κ3) is 56.7. The molecule has 253 valence electrons. The van der Waals surface area contributed by atoms with E-state index in [4.69, 9.17) is 0 Å². The predicted molar refractivity (Wildman–Crippen MR) is 174 cm³/mol. The van der Waals surface area contributed by atoms with E-state index in [-0.39, 0.29) is 60.1 Å². The van der Waals surface area contributed by atoms with Crippen molar-refractivity contribution < 1.29 is 70.5 Å². The summed E-state index contributed by atoms with van der Waals surface area (Å²) in [6.45, 7) is 8.66. The van der Waals surface area contributed by atoms with Crippen molar-refractivity contribution in [3.8, 4) is 0 Å². The zero-order valence-electron chi connectivity index (χ0n) is 28.8. The Morgan fingerprint density at radius 3 is 0.841 bits per heavy atom. The number of hydrogen-bond acceptors (Lipinski definition) is 6. The van der Waals surface area contributed by atoms with Crippen molar-refractivity contribution in [1.29, 1.82) is 0 Å². The van der Waals surface area contributed by atoms with Gasteiger partial charge in [-0.1, -0.05) is 172 Å². The summed E-state index contributed by atoms with van der Waals surface area (Å²) in [6.07, 6.45) is 25.0. The van der Waals surface area contributed by atoms with Gasteiger partial charge in [-0.3, -0.25) is 0 Å². The molecule has 0 bridgehead atoms. The van der Waals surface area contributed by atoms with Crippen LogP contribution in [0.5, 0.6) is 0 Å². The standard InChI is InChI=1S/3C10H20O2.C7H8.Nd/c3*1-2-3-4-5-6-7-8-9-10(11)12;1-7-5-3-2-4-6-7;/h3*2-9H2,1H3,(H,11,12);2-6H,1H3;/q;;;;+3/p-3. The molecule has 0 aliphatic carbocycles. The van der Waals surface area contributed by atoms with Crippen molar-refractivity contribution >= 4 is 17.9 Å². The van der Waals surface area contributed by atoms with Gasteiger partial charge in [-0.2, -0.15) is 0 Å². The summed E-state index contributed by atoms with van der Waals surface area (Å²) < 4.78 is 0. The molecule has 1 rings (SSSR count). The van der Waals surface area contributed by atoms with Crippen molar-refractivity contribution in [3.63, 3.8) is 0 Å². The van der Waals surface area contributed by atoms with Crippen molar-refractivity contribution in [2.45, 2.75) is 182 Å². The number of carboxylic acid groups (broad SMARTS) is 3. The van der Waals surface area contributed by atoms with Crippen LogP contribution in [0.1, 0.15) is 180 Å². The molecule has 0 spiro atoms. The number of hydrogen-bond donors (Lipinski definition) is 0. The average molecular weight is 750 g/mol. The molecule has 0 unspecified atom stereocenters. The molecular weight excluding hydrogens is 685 g/mol. The molecule has 44 heavy (non-hydrogen) atoms. The first-order chi connectivity index (χ1) is 20.7. The molecule has 1 aromatic rings. The van der Waals surface area contributed by atoms with Gasteiger partial charge in [0.25, 0.3) is 0 Å². The van der Waals surface area contributed by atoms with Crippen molar-refractivity contribution in [3.05, 3.63) is 35.9 Å². The second-order valence-corrected chi connectivity index (χ2v) is 11.4. The fourth-order valence-corrected chi connectivity index (χ4v) is 4.21. The quantitative estimate of drug-likeness (QED) is 0.100. The number of aryl methyl sites for hydroxylation is 1. The molecule has 0 atom stereocenters. The number of carboxylic acids is 3. The Kier molecular flexibility index (Phi) is 50.0. The van der Waals surface area contributed by atoms with Gasteiger partial charge in [0.15, 0.2) is 0 Å². The minimum absolute atomic E-state index is 0. The Hall–Kier alpha value is -1.02. The Morgan fingerprint density at radius 2 is 0.659 bits per heavy atom. The van der Waals surface area contributed by atoms with Gasteiger partial charge in [-0.15, -0.1) is 0 Å². The molecule has 0 N–H and O–H groups in total. The van der Waals surface area contributed by atoms with Crippen molar-refractivity contribution in [2.24, 2.45) is 0 Å². The number of aliphatic carboxylic acids is 3. The molecule has 0 heterocycles. The summed E-state index contributed by atoms with van der Waals surface area (Å²) in [4.78, 5) is 30.1. The smallest absolute Gasteiger partial charge is 0.550 e. The summed E-state index contributed by atoms with van der Waals surface area (Å²) in [7, 11) is 0. The fourth-order valence-electron chi connectivity index (χ4n) is 4.21. The maximum Gasteiger partial charge on any atom is 3.00 e. The van der Waals surface area contributed by atoms with E-state index in [1.807, 2.05) is 18.2 Å². The Labute approximate surface area is 304 Å². The third-order valence-electron chi connectivity index (χ3n) is 6.89. The van der Waals surface area contributed by atoms with Gasteiger partial charge in [0.05, 0.1) is 0 Å².